The highest BCUT2D eigenvalue weighted by Gasteiger charge is 2.16. The quantitative estimate of drug-likeness (QED) is 0.817. The predicted octanol–water partition coefficient (Wildman–Crippen LogP) is 3.83. The van der Waals surface area contributed by atoms with Crippen molar-refractivity contribution in [2.75, 3.05) is 6.61 Å². The molecule has 0 heterocycles. The van der Waals surface area contributed by atoms with Crippen LogP contribution in [0.3, 0.4) is 0 Å². The Bertz CT molecular complexity index is 326. The summed E-state index contributed by atoms with van der Waals surface area (Å²) in [4.78, 5) is 0. The summed E-state index contributed by atoms with van der Waals surface area (Å²) in [5.41, 5.74) is 2.77. The van der Waals surface area contributed by atoms with Crippen molar-refractivity contribution in [1.29, 1.82) is 0 Å². The van der Waals surface area contributed by atoms with Crippen LogP contribution in [0.2, 0.25) is 0 Å². The molecule has 1 aliphatic rings. The zero-order valence-corrected chi connectivity index (χ0v) is 10.2. The van der Waals surface area contributed by atoms with Gasteiger partial charge in [0.25, 0.3) is 0 Å². The molecule has 0 aliphatic heterocycles. The summed E-state index contributed by atoms with van der Waals surface area (Å²) < 4.78 is 0. The van der Waals surface area contributed by atoms with Crippen LogP contribution >= 0.6 is 0 Å². The van der Waals surface area contributed by atoms with E-state index >= 15 is 0 Å². The smallest absolute Gasteiger partial charge is 0.0497 e. The van der Waals surface area contributed by atoms with Gasteiger partial charge >= 0.3 is 0 Å². The third kappa shape index (κ3) is 2.65. The Labute approximate surface area is 98.5 Å². The summed E-state index contributed by atoms with van der Waals surface area (Å²) in [5.74, 6) is 1.03. The van der Waals surface area contributed by atoms with Gasteiger partial charge in [-0.2, -0.15) is 0 Å². The summed E-state index contributed by atoms with van der Waals surface area (Å²) >= 11 is 0. The maximum atomic E-state index is 9.19. The second kappa shape index (κ2) is 5.49. The standard InChI is InChI=1S/C15H22O/c1-12(11-16)14-8-5-9-15(10-14)13-6-3-2-4-7-13/h5,8-10,12-13,16H,2-4,6-7,11H2,1H3. The second-order valence-electron chi connectivity index (χ2n) is 5.09. The molecule has 2 rings (SSSR count). The van der Waals surface area contributed by atoms with Gasteiger partial charge in [0.2, 0.25) is 0 Å². The fourth-order valence-electron chi connectivity index (χ4n) is 2.66. The van der Waals surface area contributed by atoms with E-state index in [1.54, 1.807) is 0 Å². The fourth-order valence-corrected chi connectivity index (χ4v) is 2.66. The molecule has 16 heavy (non-hydrogen) atoms. The minimum absolute atomic E-state index is 0.244. The molecule has 0 amide bonds. The molecule has 1 saturated carbocycles. The summed E-state index contributed by atoms with van der Waals surface area (Å²) in [6.45, 7) is 2.33. The van der Waals surface area contributed by atoms with E-state index in [9.17, 15) is 5.11 Å². The van der Waals surface area contributed by atoms with Crippen molar-refractivity contribution in [3.63, 3.8) is 0 Å². The van der Waals surface area contributed by atoms with E-state index in [0.29, 0.717) is 0 Å². The van der Waals surface area contributed by atoms with Crippen LogP contribution in [-0.4, -0.2) is 11.7 Å². The Balaban J connectivity index is 2.14. The second-order valence-corrected chi connectivity index (χ2v) is 5.09. The Kier molecular flexibility index (Phi) is 4.00. The fraction of sp³-hybridized carbons (Fsp3) is 0.600. The zero-order chi connectivity index (χ0) is 11.4. The summed E-state index contributed by atoms with van der Waals surface area (Å²) in [6, 6.07) is 8.83. The molecular weight excluding hydrogens is 196 g/mol. The van der Waals surface area contributed by atoms with Crippen LogP contribution < -0.4 is 0 Å². The SMILES string of the molecule is CC(CO)c1cccc(C2CCCCC2)c1. The summed E-state index contributed by atoms with van der Waals surface area (Å²) in [7, 11) is 0. The Morgan fingerprint density at radius 1 is 1.25 bits per heavy atom. The van der Waals surface area contributed by atoms with E-state index in [2.05, 4.69) is 31.2 Å². The van der Waals surface area contributed by atoms with Crippen LogP contribution in [0.15, 0.2) is 24.3 Å². The third-order valence-corrected chi connectivity index (χ3v) is 3.83. The highest BCUT2D eigenvalue weighted by Crippen LogP contribution is 2.33. The molecule has 1 fully saturated rings. The van der Waals surface area contributed by atoms with E-state index in [1.807, 2.05) is 0 Å². The number of benzene rings is 1. The number of hydrogen-bond donors (Lipinski definition) is 1. The lowest BCUT2D eigenvalue weighted by atomic mass is 9.83. The maximum absolute atomic E-state index is 9.19. The topological polar surface area (TPSA) is 20.2 Å². The predicted molar refractivity (Wildman–Crippen MR) is 67.8 cm³/mol. The molecule has 1 nitrogen and oxygen atoms in total. The van der Waals surface area contributed by atoms with E-state index in [1.165, 1.54) is 43.2 Å². The molecule has 1 unspecified atom stereocenters. The van der Waals surface area contributed by atoms with Gasteiger partial charge in [-0.25, -0.2) is 0 Å². The van der Waals surface area contributed by atoms with Crippen molar-refractivity contribution < 1.29 is 5.11 Å². The van der Waals surface area contributed by atoms with Crippen LogP contribution in [0.5, 0.6) is 0 Å². The first-order chi connectivity index (χ1) is 7.81. The molecule has 0 radical (unpaired) electrons. The molecule has 1 atom stereocenters. The van der Waals surface area contributed by atoms with Gasteiger partial charge in [-0.3, -0.25) is 0 Å². The molecule has 88 valence electrons. The van der Waals surface area contributed by atoms with Crippen molar-refractivity contribution in [2.24, 2.45) is 0 Å². The van der Waals surface area contributed by atoms with Gasteiger partial charge in [0.05, 0.1) is 0 Å². The van der Waals surface area contributed by atoms with E-state index in [4.69, 9.17) is 0 Å². The van der Waals surface area contributed by atoms with Crippen LogP contribution in [0.4, 0.5) is 0 Å². The van der Waals surface area contributed by atoms with Gasteiger partial charge in [0, 0.05) is 12.5 Å². The highest BCUT2D eigenvalue weighted by molar-refractivity contribution is 5.29. The first-order valence-corrected chi connectivity index (χ1v) is 6.52. The zero-order valence-electron chi connectivity index (χ0n) is 10.2. The monoisotopic (exact) mass is 218 g/mol. The molecule has 1 aromatic rings. The van der Waals surface area contributed by atoms with Crippen molar-refractivity contribution >= 4 is 0 Å². The van der Waals surface area contributed by atoms with Gasteiger partial charge in [0.15, 0.2) is 0 Å². The Hall–Kier alpha value is -0.820. The van der Waals surface area contributed by atoms with Gasteiger partial charge in [-0.05, 0) is 29.9 Å². The maximum Gasteiger partial charge on any atom is 0.0497 e. The molecule has 0 saturated heterocycles. The van der Waals surface area contributed by atoms with Gasteiger partial charge in [-0.15, -0.1) is 0 Å². The molecule has 1 aromatic carbocycles. The van der Waals surface area contributed by atoms with E-state index < -0.39 is 0 Å². The minimum atomic E-state index is 0.244. The van der Waals surface area contributed by atoms with Gasteiger partial charge < -0.3 is 5.11 Å². The molecule has 1 N–H and O–H groups in total. The van der Waals surface area contributed by atoms with Crippen LogP contribution in [0, 0.1) is 0 Å². The summed E-state index contributed by atoms with van der Waals surface area (Å²) in [5, 5.41) is 9.19. The van der Waals surface area contributed by atoms with Crippen LogP contribution in [0.1, 0.15) is 62.0 Å². The molecule has 1 aliphatic carbocycles. The lowest BCUT2D eigenvalue weighted by molar-refractivity contribution is 0.273. The molecule has 1 heteroatoms. The van der Waals surface area contributed by atoms with Gasteiger partial charge in [-0.1, -0.05) is 50.5 Å². The number of aliphatic hydroxyl groups excluding tert-OH is 1. The van der Waals surface area contributed by atoms with E-state index in [0.717, 1.165) is 5.92 Å². The van der Waals surface area contributed by atoms with Crippen molar-refractivity contribution in [2.45, 2.75) is 50.9 Å². The average Bonchev–Trinajstić information content (AvgIpc) is 2.39. The largest absolute Gasteiger partial charge is 0.396 e. The number of hydrogen-bond acceptors (Lipinski definition) is 1. The Morgan fingerprint density at radius 3 is 2.69 bits per heavy atom. The molecule has 0 bridgehead atoms. The first-order valence-electron chi connectivity index (χ1n) is 6.52. The van der Waals surface area contributed by atoms with Crippen molar-refractivity contribution in [3.05, 3.63) is 35.4 Å². The van der Waals surface area contributed by atoms with Crippen molar-refractivity contribution in [1.82, 2.24) is 0 Å². The third-order valence-electron chi connectivity index (χ3n) is 3.83. The lowest BCUT2D eigenvalue weighted by Crippen LogP contribution is -2.06. The molecular formula is C15H22O. The lowest BCUT2D eigenvalue weighted by Gasteiger charge is -2.23. The van der Waals surface area contributed by atoms with Crippen LogP contribution in [0.25, 0.3) is 0 Å². The minimum Gasteiger partial charge on any atom is -0.396 e. The van der Waals surface area contributed by atoms with Gasteiger partial charge in [0.1, 0.15) is 0 Å². The number of aliphatic hydroxyl groups is 1. The first kappa shape index (κ1) is 11.7. The van der Waals surface area contributed by atoms with Crippen LogP contribution in [-0.2, 0) is 0 Å². The highest BCUT2D eigenvalue weighted by atomic mass is 16.3. The van der Waals surface area contributed by atoms with E-state index in [-0.39, 0.29) is 12.5 Å². The molecule has 0 aromatic heterocycles. The Morgan fingerprint density at radius 2 is 2.00 bits per heavy atom. The number of rotatable bonds is 3. The summed E-state index contributed by atoms with van der Waals surface area (Å²) in [6.07, 6.45) is 6.85. The molecule has 0 spiro atoms. The average molecular weight is 218 g/mol. The van der Waals surface area contributed by atoms with Crippen molar-refractivity contribution in [3.8, 4) is 0 Å². The normalized spacial score (nSPS) is 19.6.